The Bertz CT molecular complexity index is 122. The maximum atomic E-state index is 9.17. The van der Waals surface area contributed by atoms with Gasteiger partial charge in [-0.2, -0.15) is 0 Å². The zero-order valence-electron chi connectivity index (χ0n) is 3.36. The van der Waals surface area contributed by atoms with Gasteiger partial charge in [0.05, 0.1) is 0 Å². The molecule has 0 aliphatic heterocycles. The Kier molecular flexibility index (Phi) is 3.24. The van der Waals surface area contributed by atoms with Gasteiger partial charge in [-0.3, -0.25) is 0 Å². The highest BCUT2D eigenvalue weighted by molar-refractivity contribution is 5.36. The van der Waals surface area contributed by atoms with Crippen molar-refractivity contribution in [2.45, 2.75) is 6.92 Å². The number of hydrogen-bond acceptors (Lipinski definition) is 2. The van der Waals surface area contributed by atoms with Crippen molar-refractivity contribution in [2.75, 3.05) is 0 Å². The standard InChI is InChI=1S/C4H3NO/c1-2-3-5-4-6/h1H3. The van der Waals surface area contributed by atoms with Crippen LogP contribution in [0, 0.1) is 12.0 Å². The van der Waals surface area contributed by atoms with Gasteiger partial charge in [0.25, 0.3) is 0 Å². The van der Waals surface area contributed by atoms with E-state index < -0.39 is 0 Å². The van der Waals surface area contributed by atoms with Gasteiger partial charge in [0.1, 0.15) is 0 Å². The molecule has 2 heteroatoms. The second kappa shape index (κ2) is 3.94. The molecule has 6 heavy (non-hydrogen) atoms. The van der Waals surface area contributed by atoms with Gasteiger partial charge in [-0.1, -0.05) is 5.92 Å². The molecule has 0 spiro atoms. The Labute approximate surface area is 35.9 Å². The minimum absolute atomic E-state index is 1.27. The van der Waals surface area contributed by atoms with Crippen LogP contribution in [0.3, 0.4) is 0 Å². The molecule has 0 aliphatic rings. The average Bonchev–Trinajstić information content (AvgIpc) is 1.61. The molecule has 0 radical (unpaired) electrons. The molecule has 0 unspecified atom stereocenters. The zero-order chi connectivity index (χ0) is 4.83. The van der Waals surface area contributed by atoms with Crippen LogP contribution in [0.5, 0.6) is 0 Å². The number of rotatable bonds is 0. The molecule has 0 amide bonds. The van der Waals surface area contributed by atoms with Gasteiger partial charge in [0.15, 0.2) is 0 Å². The molecule has 2 nitrogen and oxygen atoms in total. The maximum Gasteiger partial charge on any atom is 0.249 e. The average molecular weight is 81.1 g/mol. The van der Waals surface area contributed by atoms with Crippen LogP contribution in [0.2, 0.25) is 0 Å². The number of aliphatic imine (C=N–C) groups is 1. The van der Waals surface area contributed by atoms with Gasteiger partial charge in [-0.15, -0.1) is 4.99 Å². The lowest BCUT2D eigenvalue weighted by Crippen LogP contribution is -1.44. The van der Waals surface area contributed by atoms with E-state index >= 15 is 0 Å². The fourth-order valence-corrected chi connectivity index (χ4v) is 0.0787. The van der Waals surface area contributed by atoms with Gasteiger partial charge in [-0.25, -0.2) is 4.79 Å². The van der Waals surface area contributed by atoms with Crippen molar-refractivity contribution in [3.63, 3.8) is 0 Å². The topological polar surface area (TPSA) is 29.4 Å². The molecule has 0 aromatic carbocycles. The lowest BCUT2D eigenvalue weighted by atomic mass is 10.8. The van der Waals surface area contributed by atoms with Gasteiger partial charge in [-0.05, 0) is 6.92 Å². The Morgan fingerprint density at radius 1 is 1.67 bits per heavy atom. The van der Waals surface area contributed by atoms with Crippen molar-refractivity contribution in [1.82, 2.24) is 0 Å². The first-order chi connectivity index (χ1) is 2.91. The molecular weight excluding hydrogens is 78.0 g/mol. The van der Waals surface area contributed by atoms with Gasteiger partial charge in [0, 0.05) is 6.04 Å². The number of nitrogens with zero attached hydrogens (tertiary/aromatic N) is 1. The van der Waals surface area contributed by atoms with E-state index in [0.717, 1.165) is 0 Å². The summed E-state index contributed by atoms with van der Waals surface area (Å²) in [6, 6.07) is 2.15. The predicted molar refractivity (Wildman–Crippen MR) is 21.6 cm³/mol. The van der Waals surface area contributed by atoms with E-state index in [0.29, 0.717) is 0 Å². The monoisotopic (exact) mass is 81.0 g/mol. The minimum atomic E-state index is 1.27. The van der Waals surface area contributed by atoms with E-state index in [9.17, 15) is 0 Å². The van der Waals surface area contributed by atoms with Crippen LogP contribution in [-0.2, 0) is 4.79 Å². The van der Waals surface area contributed by atoms with E-state index in [-0.39, 0.29) is 0 Å². The third-order valence-electron chi connectivity index (χ3n) is 0.213. The summed E-state index contributed by atoms with van der Waals surface area (Å²) in [4.78, 5) is 12.1. The number of isocyanates is 1. The van der Waals surface area contributed by atoms with E-state index in [4.69, 9.17) is 4.79 Å². The lowest BCUT2D eigenvalue weighted by Gasteiger charge is -1.46. The van der Waals surface area contributed by atoms with Gasteiger partial charge in [0.2, 0.25) is 6.08 Å². The Morgan fingerprint density at radius 3 is 2.50 bits per heavy atom. The highest BCUT2D eigenvalue weighted by Gasteiger charge is 1.45. The maximum absolute atomic E-state index is 9.17. The molecule has 0 N–H and O–H groups in total. The van der Waals surface area contributed by atoms with Crippen molar-refractivity contribution < 1.29 is 4.79 Å². The molecule has 0 saturated carbocycles. The molecular formula is C4H3NO. The second-order valence-corrected chi connectivity index (χ2v) is 0.565. The van der Waals surface area contributed by atoms with E-state index in [1.165, 1.54) is 6.08 Å². The summed E-state index contributed by atoms with van der Waals surface area (Å²) in [6.45, 7) is 1.60. The highest BCUT2D eigenvalue weighted by atomic mass is 16.1. The first kappa shape index (κ1) is 4.94. The summed E-state index contributed by atoms with van der Waals surface area (Å²) >= 11 is 0. The Balaban J connectivity index is 3.53. The van der Waals surface area contributed by atoms with E-state index in [1.807, 2.05) is 0 Å². The van der Waals surface area contributed by atoms with E-state index in [2.05, 4.69) is 17.0 Å². The molecule has 0 heterocycles. The Hall–Kier alpha value is -1.06. The molecule has 0 rings (SSSR count). The molecule has 0 bridgehead atoms. The molecule has 0 atom stereocenters. The first-order valence-corrected chi connectivity index (χ1v) is 1.40. The summed E-state index contributed by atoms with van der Waals surface area (Å²) in [6.07, 6.45) is 1.27. The van der Waals surface area contributed by atoms with Crippen LogP contribution < -0.4 is 0 Å². The summed E-state index contributed by atoms with van der Waals surface area (Å²) in [5, 5.41) is 0. The summed E-state index contributed by atoms with van der Waals surface area (Å²) < 4.78 is 0. The Morgan fingerprint density at radius 2 is 2.33 bits per heavy atom. The van der Waals surface area contributed by atoms with Crippen LogP contribution in [0.15, 0.2) is 4.99 Å². The van der Waals surface area contributed by atoms with Crippen LogP contribution in [0.25, 0.3) is 0 Å². The quantitative estimate of drug-likeness (QED) is 0.234. The molecule has 0 aromatic heterocycles. The fourth-order valence-electron chi connectivity index (χ4n) is 0.0787. The van der Waals surface area contributed by atoms with Crippen molar-refractivity contribution in [2.24, 2.45) is 4.99 Å². The van der Waals surface area contributed by atoms with Crippen LogP contribution in [0.1, 0.15) is 6.92 Å². The van der Waals surface area contributed by atoms with Crippen molar-refractivity contribution in [1.29, 1.82) is 0 Å². The number of hydrogen-bond donors (Lipinski definition) is 0. The summed E-state index contributed by atoms with van der Waals surface area (Å²) in [5.74, 6) is 2.39. The van der Waals surface area contributed by atoms with Crippen molar-refractivity contribution >= 4 is 6.08 Å². The highest BCUT2D eigenvalue weighted by Crippen LogP contribution is 1.49. The van der Waals surface area contributed by atoms with E-state index in [1.54, 1.807) is 6.92 Å². The van der Waals surface area contributed by atoms with Crippen molar-refractivity contribution in [3.8, 4) is 12.0 Å². The van der Waals surface area contributed by atoms with Crippen LogP contribution in [0.4, 0.5) is 0 Å². The zero-order valence-corrected chi connectivity index (χ0v) is 3.36. The second-order valence-electron chi connectivity index (χ2n) is 0.565. The normalized spacial score (nSPS) is 4.17. The van der Waals surface area contributed by atoms with Crippen molar-refractivity contribution in [3.05, 3.63) is 0 Å². The molecule has 0 fully saturated rings. The molecule has 0 aliphatic carbocycles. The minimum Gasteiger partial charge on any atom is -0.210 e. The lowest BCUT2D eigenvalue weighted by molar-refractivity contribution is 0.565. The van der Waals surface area contributed by atoms with Gasteiger partial charge >= 0.3 is 0 Å². The number of carbonyl (C=O) groups excluding carboxylic acids is 1. The largest absolute Gasteiger partial charge is 0.249 e. The van der Waals surface area contributed by atoms with Gasteiger partial charge < -0.3 is 0 Å². The molecule has 30 valence electrons. The third-order valence-corrected chi connectivity index (χ3v) is 0.213. The third kappa shape index (κ3) is 2.94. The summed E-state index contributed by atoms with van der Waals surface area (Å²) in [7, 11) is 0. The molecule has 0 aromatic rings. The van der Waals surface area contributed by atoms with Crippen LogP contribution >= 0.6 is 0 Å². The summed E-state index contributed by atoms with van der Waals surface area (Å²) in [5.41, 5.74) is 0. The molecule has 0 saturated heterocycles. The van der Waals surface area contributed by atoms with Crippen LogP contribution in [-0.4, -0.2) is 6.08 Å². The SMILES string of the molecule is CC#CN=C=O. The smallest absolute Gasteiger partial charge is 0.210 e. The first-order valence-electron chi connectivity index (χ1n) is 1.40. The predicted octanol–water partition coefficient (Wildman–Crippen LogP) is 0.303. The fraction of sp³-hybridized carbons (Fsp3) is 0.250.